The molecule has 6 heteroatoms. The van der Waals surface area contributed by atoms with Crippen molar-refractivity contribution in [1.82, 2.24) is 20.3 Å². The number of thiophene rings is 1. The van der Waals surface area contributed by atoms with E-state index in [1.807, 2.05) is 10.9 Å². The highest BCUT2D eigenvalue weighted by molar-refractivity contribution is 9.11. The fourth-order valence-corrected chi connectivity index (χ4v) is 3.04. The minimum Gasteiger partial charge on any atom is -0.311 e. The van der Waals surface area contributed by atoms with E-state index in [0.717, 1.165) is 35.0 Å². The number of aromatic nitrogens is 3. The molecule has 96 valence electrons. The van der Waals surface area contributed by atoms with Gasteiger partial charge in [-0.3, -0.25) is 0 Å². The van der Waals surface area contributed by atoms with Crippen molar-refractivity contribution >= 4 is 27.3 Å². The Morgan fingerprint density at radius 3 is 3.11 bits per heavy atom. The van der Waals surface area contributed by atoms with E-state index in [1.54, 1.807) is 11.3 Å². The van der Waals surface area contributed by atoms with Crippen LogP contribution in [0, 0.1) is 5.92 Å². The quantitative estimate of drug-likeness (QED) is 0.887. The lowest BCUT2D eigenvalue weighted by Crippen LogP contribution is -2.16. The van der Waals surface area contributed by atoms with Gasteiger partial charge in [0, 0.05) is 6.54 Å². The van der Waals surface area contributed by atoms with E-state index in [-0.39, 0.29) is 0 Å². The highest BCUT2D eigenvalue weighted by atomic mass is 79.9. The molecule has 1 fully saturated rings. The summed E-state index contributed by atoms with van der Waals surface area (Å²) in [4.78, 5) is 0. The Bertz CT molecular complexity index is 518. The smallest absolute Gasteiger partial charge is 0.0964 e. The average molecular weight is 327 g/mol. The largest absolute Gasteiger partial charge is 0.311 e. The van der Waals surface area contributed by atoms with Crippen LogP contribution in [0.4, 0.5) is 0 Å². The van der Waals surface area contributed by atoms with Crippen LogP contribution < -0.4 is 5.32 Å². The van der Waals surface area contributed by atoms with Gasteiger partial charge in [-0.15, -0.1) is 16.4 Å². The lowest BCUT2D eigenvalue weighted by atomic mass is 10.3. The first-order valence-electron chi connectivity index (χ1n) is 6.12. The molecular formula is C12H15BrN4S. The van der Waals surface area contributed by atoms with Gasteiger partial charge in [-0.05, 0) is 58.2 Å². The second kappa shape index (κ2) is 5.50. The molecule has 18 heavy (non-hydrogen) atoms. The van der Waals surface area contributed by atoms with Crippen LogP contribution in [-0.4, -0.2) is 21.5 Å². The van der Waals surface area contributed by atoms with Crippen LogP contribution in [0.25, 0.3) is 0 Å². The summed E-state index contributed by atoms with van der Waals surface area (Å²) in [6, 6.07) is 2.12. The Morgan fingerprint density at radius 2 is 2.39 bits per heavy atom. The van der Waals surface area contributed by atoms with Crippen LogP contribution in [0.15, 0.2) is 21.4 Å². The Kier molecular flexibility index (Phi) is 3.77. The summed E-state index contributed by atoms with van der Waals surface area (Å²) in [7, 11) is 0. The molecule has 0 amide bonds. The van der Waals surface area contributed by atoms with Crippen LogP contribution >= 0.6 is 27.3 Å². The van der Waals surface area contributed by atoms with Crippen molar-refractivity contribution in [3.8, 4) is 0 Å². The van der Waals surface area contributed by atoms with E-state index >= 15 is 0 Å². The highest BCUT2D eigenvalue weighted by Gasteiger charge is 2.20. The zero-order chi connectivity index (χ0) is 12.4. The van der Waals surface area contributed by atoms with Crippen molar-refractivity contribution < 1.29 is 0 Å². The first kappa shape index (κ1) is 12.3. The van der Waals surface area contributed by atoms with Gasteiger partial charge in [0.05, 0.1) is 22.2 Å². The van der Waals surface area contributed by atoms with E-state index in [0.29, 0.717) is 0 Å². The van der Waals surface area contributed by atoms with Gasteiger partial charge >= 0.3 is 0 Å². The van der Waals surface area contributed by atoms with Gasteiger partial charge < -0.3 is 5.32 Å². The summed E-state index contributed by atoms with van der Waals surface area (Å²) in [5, 5.41) is 13.9. The lowest BCUT2D eigenvalue weighted by Gasteiger charge is -1.98. The van der Waals surface area contributed by atoms with Crippen LogP contribution in [0.1, 0.15) is 24.1 Å². The second-order valence-corrected chi connectivity index (χ2v) is 7.03. The highest BCUT2D eigenvalue weighted by Crippen LogP contribution is 2.27. The molecule has 2 aromatic rings. The molecule has 2 heterocycles. The molecule has 2 aromatic heterocycles. The molecule has 0 bridgehead atoms. The zero-order valence-corrected chi connectivity index (χ0v) is 12.4. The van der Waals surface area contributed by atoms with E-state index in [1.165, 1.54) is 18.4 Å². The van der Waals surface area contributed by atoms with E-state index in [4.69, 9.17) is 0 Å². The fraction of sp³-hybridized carbons (Fsp3) is 0.500. The Balaban J connectivity index is 1.52. The predicted molar refractivity (Wildman–Crippen MR) is 75.6 cm³/mol. The molecular weight excluding hydrogens is 312 g/mol. The summed E-state index contributed by atoms with van der Waals surface area (Å²) in [6.45, 7) is 2.73. The maximum Gasteiger partial charge on any atom is 0.0964 e. The maximum absolute atomic E-state index is 4.18. The second-order valence-electron chi connectivity index (χ2n) is 4.74. The topological polar surface area (TPSA) is 42.7 Å². The standard InChI is InChI=1S/C12H15BrN4S/c13-12-3-10(8-18-12)6-17-7-11(15-16-17)5-14-4-9-1-2-9/h3,7-9,14H,1-2,4-6H2. The predicted octanol–water partition coefficient (Wildman–Crippen LogP) is 2.65. The third-order valence-corrected chi connectivity index (χ3v) is 4.54. The summed E-state index contributed by atoms with van der Waals surface area (Å²) >= 11 is 5.16. The van der Waals surface area contributed by atoms with Crippen molar-refractivity contribution in [1.29, 1.82) is 0 Å². The number of nitrogens with zero attached hydrogens (tertiary/aromatic N) is 3. The third kappa shape index (κ3) is 3.40. The lowest BCUT2D eigenvalue weighted by molar-refractivity contribution is 0.627. The molecule has 0 aromatic carbocycles. The van der Waals surface area contributed by atoms with Crippen LogP contribution in [-0.2, 0) is 13.1 Å². The molecule has 4 nitrogen and oxygen atoms in total. The Hall–Kier alpha value is -0.720. The van der Waals surface area contributed by atoms with Gasteiger partial charge in [0.1, 0.15) is 0 Å². The van der Waals surface area contributed by atoms with Crippen molar-refractivity contribution in [2.45, 2.75) is 25.9 Å². The SMILES string of the molecule is Brc1cc(Cn2cc(CNCC3CC3)nn2)cs1. The molecule has 0 unspecified atom stereocenters. The molecule has 3 rings (SSSR count). The van der Waals surface area contributed by atoms with Gasteiger partial charge in [0.2, 0.25) is 0 Å². The van der Waals surface area contributed by atoms with E-state index in [2.05, 4.69) is 43.0 Å². The first-order chi connectivity index (χ1) is 8.79. The van der Waals surface area contributed by atoms with E-state index < -0.39 is 0 Å². The number of hydrogen-bond donors (Lipinski definition) is 1. The van der Waals surface area contributed by atoms with Gasteiger partial charge in [-0.25, -0.2) is 4.68 Å². The summed E-state index contributed by atoms with van der Waals surface area (Å²) < 4.78 is 3.05. The van der Waals surface area contributed by atoms with Crippen molar-refractivity contribution in [3.63, 3.8) is 0 Å². The molecule has 0 radical (unpaired) electrons. The van der Waals surface area contributed by atoms with Gasteiger partial charge in [-0.2, -0.15) is 0 Å². The number of nitrogens with one attached hydrogen (secondary N) is 1. The summed E-state index contributed by atoms with van der Waals surface area (Å²) in [5.74, 6) is 0.906. The molecule has 1 aliphatic rings. The van der Waals surface area contributed by atoms with Crippen molar-refractivity contribution in [2.75, 3.05) is 6.54 Å². The summed E-state index contributed by atoms with van der Waals surface area (Å²) in [6.07, 6.45) is 4.78. The molecule has 0 aliphatic heterocycles. The fourth-order valence-electron chi connectivity index (χ4n) is 1.84. The van der Waals surface area contributed by atoms with Crippen molar-refractivity contribution in [2.24, 2.45) is 5.92 Å². The van der Waals surface area contributed by atoms with Crippen molar-refractivity contribution in [3.05, 3.63) is 32.7 Å². The zero-order valence-electron chi connectivity index (χ0n) is 9.97. The average Bonchev–Trinajstić information content (AvgIpc) is 2.92. The number of halogens is 1. The van der Waals surface area contributed by atoms with Gasteiger partial charge in [0.25, 0.3) is 0 Å². The summed E-state index contributed by atoms with van der Waals surface area (Å²) in [5.41, 5.74) is 2.28. The number of hydrogen-bond acceptors (Lipinski definition) is 4. The van der Waals surface area contributed by atoms with Gasteiger partial charge in [0.15, 0.2) is 0 Å². The molecule has 0 saturated heterocycles. The molecule has 1 saturated carbocycles. The van der Waals surface area contributed by atoms with Gasteiger partial charge in [-0.1, -0.05) is 5.21 Å². The minimum absolute atomic E-state index is 0.789. The van der Waals surface area contributed by atoms with E-state index in [9.17, 15) is 0 Å². The molecule has 0 atom stereocenters. The van der Waals surface area contributed by atoms with Crippen LogP contribution in [0.5, 0.6) is 0 Å². The molecule has 0 spiro atoms. The normalized spacial score (nSPS) is 15.2. The minimum atomic E-state index is 0.789. The molecule has 1 N–H and O–H groups in total. The van der Waals surface area contributed by atoms with Crippen LogP contribution in [0.3, 0.4) is 0 Å². The molecule has 1 aliphatic carbocycles. The number of rotatable bonds is 6. The Labute approximate surface area is 119 Å². The maximum atomic E-state index is 4.18. The van der Waals surface area contributed by atoms with Crippen LogP contribution in [0.2, 0.25) is 0 Å². The monoisotopic (exact) mass is 326 g/mol. The first-order valence-corrected chi connectivity index (χ1v) is 7.79. The third-order valence-electron chi connectivity index (χ3n) is 2.99. The Morgan fingerprint density at radius 1 is 1.50 bits per heavy atom.